The molecule has 1 fully saturated rings. The molecule has 33 heavy (non-hydrogen) atoms. The van der Waals surface area contributed by atoms with E-state index in [4.69, 9.17) is 10.1 Å². The summed E-state index contributed by atoms with van der Waals surface area (Å²) in [4.78, 5) is 21.8. The van der Waals surface area contributed by atoms with Crippen molar-refractivity contribution in [2.24, 2.45) is 0 Å². The van der Waals surface area contributed by atoms with Gasteiger partial charge in [-0.25, -0.2) is 14.1 Å². The van der Waals surface area contributed by atoms with Crippen molar-refractivity contribution in [1.82, 2.24) is 19.7 Å². The molecule has 0 saturated carbocycles. The number of aromatic nitrogens is 3. The van der Waals surface area contributed by atoms with Gasteiger partial charge in [0.1, 0.15) is 5.82 Å². The molecule has 6 nitrogen and oxygen atoms in total. The van der Waals surface area contributed by atoms with Crippen molar-refractivity contribution in [3.8, 4) is 0 Å². The van der Waals surface area contributed by atoms with Gasteiger partial charge in [-0.05, 0) is 71.2 Å². The van der Waals surface area contributed by atoms with Gasteiger partial charge in [0.15, 0.2) is 5.65 Å². The number of hydrogen-bond acceptors (Lipinski definition) is 4. The Labute approximate surface area is 195 Å². The third-order valence-electron chi connectivity index (χ3n) is 6.62. The van der Waals surface area contributed by atoms with Crippen LogP contribution >= 0.6 is 0 Å². The fourth-order valence-electron chi connectivity index (χ4n) is 4.84. The van der Waals surface area contributed by atoms with E-state index in [1.54, 1.807) is 12.1 Å². The molecule has 0 radical (unpaired) electrons. The Morgan fingerprint density at radius 1 is 1.03 bits per heavy atom. The first-order chi connectivity index (χ1) is 15.6. The Kier molecular flexibility index (Phi) is 6.16. The molecule has 0 bridgehead atoms. The minimum absolute atomic E-state index is 0.143. The van der Waals surface area contributed by atoms with Gasteiger partial charge < -0.3 is 9.80 Å². The van der Waals surface area contributed by atoms with Gasteiger partial charge in [0.2, 0.25) is 5.91 Å². The van der Waals surface area contributed by atoms with Crippen molar-refractivity contribution in [3.63, 3.8) is 0 Å². The highest BCUT2D eigenvalue weighted by atomic mass is 19.1. The van der Waals surface area contributed by atoms with Crippen LogP contribution in [0.15, 0.2) is 24.3 Å². The molecule has 0 atom stereocenters. The van der Waals surface area contributed by atoms with E-state index in [1.165, 1.54) is 11.6 Å². The number of pyridine rings is 1. The maximum atomic E-state index is 14.1. The predicted molar refractivity (Wildman–Crippen MR) is 130 cm³/mol. The highest BCUT2D eigenvalue weighted by Gasteiger charge is 2.25. The molecular formula is C26H34FN5O. The lowest BCUT2D eigenvalue weighted by atomic mass is 9.98. The van der Waals surface area contributed by atoms with Gasteiger partial charge >= 0.3 is 0 Å². The van der Waals surface area contributed by atoms with Gasteiger partial charge in [-0.15, -0.1) is 0 Å². The van der Waals surface area contributed by atoms with Gasteiger partial charge in [0.05, 0.1) is 16.9 Å². The van der Waals surface area contributed by atoms with E-state index in [0.717, 1.165) is 28.0 Å². The number of halogens is 1. The molecule has 1 aromatic carbocycles. The Bertz CT molecular complexity index is 1190. The summed E-state index contributed by atoms with van der Waals surface area (Å²) in [5.41, 5.74) is 5.61. The average Bonchev–Trinajstić information content (AvgIpc) is 3.10. The third kappa shape index (κ3) is 4.45. The summed E-state index contributed by atoms with van der Waals surface area (Å²) in [6.45, 7) is 15.1. The lowest BCUT2D eigenvalue weighted by Crippen LogP contribution is -2.49. The minimum atomic E-state index is -0.212. The number of para-hydroxylation sites is 1. The summed E-state index contributed by atoms with van der Waals surface area (Å²) in [6, 6.07) is 6.82. The second-order valence-electron chi connectivity index (χ2n) is 9.99. The van der Waals surface area contributed by atoms with Crippen LogP contribution in [-0.4, -0.2) is 51.8 Å². The number of piperazine rings is 1. The minimum Gasteiger partial charge on any atom is -0.366 e. The van der Waals surface area contributed by atoms with E-state index in [2.05, 4.69) is 27.7 Å². The van der Waals surface area contributed by atoms with E-state index < -0.39 is 0 Å². The maximum absolute atomic E-state index is 14.1. The van der Waals surface area contributed by atoms with Gasteiger partial charge in [0.25, 0.3) is 0 Å². The topological polar surface area (TPSA) is 54.3 Å². The Balaban J connectivity index is 1.45. The van der Waals surface area contributed by atoms with Crippen molar-refractivity contribution in [2.75, 3.05) is 31.1 Å². The molecule has 1 aliphatic heterocycles. The van der Waals surface area contributed by atoms with Crippen molar-refractivity contribution in [2.45, 2.75) is 59.9 Å². The molecule has 4 rings (SSSR count). The van der Waals surface area contributed by atoms with Crippen molar-refractivity contribution < 1.29 is 9.18 Å². The number of hydrogen-bond donors (Lipinski definition) is 0. The standard InChI is InChI=1S/C26H34FN5O/c1-17-20(18(2)28-25-24(17)19(3)29-32(25)26(4,5)6)11-12-23(33)31-15-13-30(14-16-31)22-10-8-7-9-21(22)27/h7-10H,11-16H2,1-6H3. The lowest BCUT2D eigenvalue weighted by Gasteiger charge is -2.36. The second-order valence-corrected chi connectivity index (χ2v) is 9.99. The molecule has 1 saturated heterocycles. The van der Waals surface area contributed by atoms with Gasteiger partial charge in [0, 0.05) is 43.7 Å². The smallest absolute Gasteiger partial charge is 0.223 e. The van der Waals surface area contributed by atoms with E-state index >= 15 is 0 Å². The Morgan fingerprint density at radius 3 is 2.33 bits per heavy atom. The monoisotopic (exact) mass is 451 g/mol. The molecule has 0 aliphatic carbocycles. The summed E-state index contributed by atoms with van der Waals surface area (Å²) in [7, 11) is 0. The van der Waals surface area contributed by atoms with E-state index in [1.807, 2.05) is 34.4 Å². The summed E-state index contributed by atoms with van der Waals surface area (Å²) in [6.07, 6.45) is 1.11. The van der Waals surface area contributed by atoms with Crippen LogP contribution in [0.25, 0.3) is 11.0 Å². The second kappa shape index (κ2) is 8.76. The fourth-order valence-corrected chi connectivity index (χ4v) is 4.84. The molecule has 3 aromatic rings. The summed E-state index contributed by atoms with van der Waals surface area (Å²) in [5, 5.41) is 5.85. The van der Waals surface area contributed by atoms with Crippen LogP contribution in [0.1, 0.15) is 49.7 Å². The van der Waals surface area contributed by atoms with E-state index in [0.29, 0.717) is 44.7 Å². The van der Waals surface area contributed by atoms with E-state index in [-0.39, 0.29) is 17.3 Å². The summed E-state index contributed by atoms with van der Waals surface area (Å²) >= 11 is 0. The molecule has 0 N–H and O–H groups in total. The molecule has 0 spiro atoms. The Hall–Kier alpha value is -2.96. The quantitative estimate of drug-likeness (QED) is 0.585. The van der Waals surface area contributed by atoms with Crippen LogP contribution in [0, 0.1) is 26.6 Å². The molecule has 7 heteroatoms. The normalized spacial score (nSPS) is 14.9. The zero-order valence-electron chi connectivity index (χ0n) is 20.6. The molecule has 1 amide bonds. The van der Waals surface area contributed by atoms with Gasteiger partial charge in [-0.1, -0.05) is 12.1 Å². The number of benzene rings is 1. The molecule has 3 heterocycles. The van der Waals surface area contributed by atoms with Gasteiger partial charge in [-0.3, -0.25) is 4.79 Å². The number of carbonyl (C=O) groups is 1. The molecule has 176 valence electrons. The number of fused-ring (bicyclic) bond motifs is 1. The SMILES string of the molecule is Cc1nc2c(c(C)nn2C(C)(C)C)c(C)c1CCC(=O)N1CCN(c2ccccc2F)CC1. The third-order valence-corrected chi connectivity index (χ3v) is 6.62. The van der Waals surface area contributed by atoms with Crippen LogP contribution < -0.4 is 4.90 Å². The highest BCUT2D eigenvalue weighted by molar-refractivity contribution is 5.84. The number of amides is 1. The number of aryl methyl sites for hydroxylation is 3. The van der Waals surface area contributed by atoms with Crippen LogP contribution in [0.5, 0.6) is 0 Å². The summed E-state index contributed by atoms with van der Waals surface area (Å²) in [5.74, 6) is -0.0691. The number of rotatable bonds is 4. The predicted octanol–water partition coefficient (Wildman–Crippen LogP) is 4.53. The van der Waals surface area contributed by atoms with E-state index in [9.17, 15) is 9.18 Å². The van der Waals surface area contributed by atoms with Crippen LogP contribution in [-0.2, 0) is 16.8 Å². The first kappa shape index (κ1) is 23.2. The molecule has 2 aromatic heterocycles. The first-order valence-electron chi connectivity index (χ1n) is 11.7. The highest BCUT2D eigenvalue weighted by Crippen LogP contribution is 2.30. The zero-order valence-corrected chi connectivity index (χ0v) is 20.6. The molecule has 1 aliphatic rings. The van der Waals surface area contributed by atoms with Crippen molar-refractivity contribution >= 4 is 22.6 Å². The fraction of sp³-hybridized carbons (Fsp3) is 0.500. The largest absolute Gasteiger partial charge is 0.366 e. The van der Waals surface area contributed by atoms with Crippen LogP contribution in [0.4, 0.5) is 10.1 Å². The Morgan fingerprint density at radius 2 is 1.70 bits per heavy atom. The number of carbonyl (C=O) groups excluding carboxylic acids is 1. The zero-order chi connectivity index (χ0) is 23.9. The summed E-state index contributed by atoms with van der Waals surface area (Å²) < 4.78 is 16.1. The van der Waals surface area contributed by atoms with Crippen molar-refractivity contribution in [3.05, 3.63) is 52.6 Å². The number of anilines is 1. The first-order valence-corrected chi connectivity index (χ1v) is 11.7. The molecule has 0 unspecified atom stereocenters. The van der Waals surface area contributed by atoms with Crippen molar-refractivity contribution in [1.29, 1.82) is 0 Å². The average molecular weight is 452 g/mol. The van der Waals surface area contributed by atoms with Crippen LogP contribution in [0.3, 0.4) is 0 Å². The lowest BCUT2D eigenvalue weighted by molar-refractivity contribution is -0.131. The maximum Gasteiger partial charge on any atom is 0.223 e. The van der Waals surface area contributed by atoms with Gasteiger partial charge in [-0.2, -0.15) is 5.10 Å². The molecular weight excluding hydrogens is 417 g/mol. The number of nitrogens with zero attached hydrogens (tertiary/aromatic N) is 5. The van der Waals surface area contributed by atoms with Crippen LogP contribution in [0.2, 0.25) is 0 Å².